The number of alkyl halides is 3. The summed E-state index contributed by atoms with van der Waals surface area (Å²) in [5.41, 5.74) is 1.54. The molecule has 1 unspecified atom stereocenters. The average Bonchev–Trinajstić information content (AvgIpc) is 3.15. The van der Waals surface area contributed by atoms with Crippen LogP contribution in [0.5, 0.6) is 0 Å². The maximum absolute atomic E-state index is 13.4. The van der Waals surface area contributed by atoms with E-state index in [9.17, 15) is 18.4 Å². The average molecular weight is 467 g/mol. The number of benzene rings is 1. The highest BCUT2D eigenvalue weighted by Gasteiger charge is 2.32. The van der Waals surface area contributed by atoms with E-state index in [4.69, 9.17) is 0 Å². The van der Waals surface area contributed by atoms with Crippen molar-refractivity contribution < 1.29 is 13.2 Å². The Bertz CT molecular complexity index is 1180. The van der Waals surface area contributed by atoms with E-state index in [1.807, 2.05) is 31.3 Å². The third kappa shape index (κ3) is 6.07. The second-order valence-corrected chi connectivity index (χ2v) is 8.23. The Balaban J connectivity index is 1.89. The Morgan fingerprint density at radius 1 is 1.32 bits per heavy atom. The Labute approximate surface area is 198 Å². The molecule has 0 radical (unpaired) electrons. The van der Waals surface area contributed by atoms with Crippen LogP contribution in [0.4, 0.5) is 19.0 Å². The van der Waals surface area contributed by atoms with Crippen molar-refractivity contribution in [3.63, 3.8) is 0 Å². The molecule has 1 atom stereocenters. The van der Waals surface area contributed by atoms with Gasteiger partial charge in [0.25, 0.3) is 0 Å². The van der Waals surface area contributed by atoms with Crippen LogP contribution in [0.15, 0.2) is 77.7 Å². The SMILES string of the molecule is C\C=C/C(=C\C(=C\CC)C(F)(F)F)C/C=C1/C(Nc2nccc3ccc(C#N)cc23)CCN1C. The van der Waals surface area contributed by atoms with Crippen LogP contribution >= 0.6 is 0 Å². The van der Waals surface area contributed by atoms with Crippen molar-refractivity contribution in [2.24, 2.45) is 0 Å². The minimum Gasteiger partial charge on any atom is -0.376 e. The molecule has 1 aliphatic rings. The number of pyridine rings is 1. The number of aromatic nitrogens is 1. The van der Waals surface area contributed by atoms with E-state index in [2.05, 4.69) is 21.3 Å². The standard InChI is InChI=1S/C27H29F3N4/c1-4-6-19(16-22(7-5-2)27(28,29)30)9-11-25-24(13-15-34(25)3)33-26-23-17-20(18-31)8-10-21(23)12-14-32-26/h4,6-8,10-12,14,16-17,24H,5,9,13,15H2,1-3H3,(H,32,33)/b6-4-,19-16+,22-7-,25-11-. The number of nitriles is 1. The minimum absolute atomic E-state index is 0.0334. The quantitative estimate of drug-likeness (QED) is 0.451. The van der Waals surface area contributed by atoms with E-state index in [1.165, 1.54) is 12.2 Å². The van der Waals surface area contributed by atoms with Gasteiger partial charge in [0.05, 0.1) is 23.2 Å². The molecule has 1 fully saturated rings. The van der Waals surface area contributed by atoms with Gasteiger partial charge in [0.15, 0.2) is 0 Å². The second-order valence-electron chi connectivity index (χ2n) is 8.23. The lowest BCUT2D eigenvalue weighted by atomic mass is 10.0. The summed E-state index contributed by atoms with van der Waals surface area (Å²) in [6.07, 6.45) is 6.78. The Kier molecular flexibility index (Phi) is 8.17. The lowest BCUT2D eigenvalue weighted by Gasteiger charge is -2.20. The summed E-state index contributed by atoms with van der Waals surface area (Å²) in [5, 5.41) is 14.6. The molecule has 1 aliphatic heterocycles. The normalized spacial score (nSPS) is 18.8. The van der Waals surface area contributed by atoms with E-state index in [0.717, 1.165) is 29.4 Å². The van der Waals surface area contributed by atoms with E-state index in [1.54, 1.807) is 38.3 Å². The van der Waals surface area contributed by atoms with Crippen LogP contribution in [0, 0.1) is 11.3 Å². The number of nitrogens with one attached hydrogen (secondary N) is 1. The molecular weight excluding hydrogens is 437 g/mol. The van der Waals surface area contributed by atoms with E-state index in [-0.39, 0.29) is 6.04 Å². The molecule has 0 spiro atoms. The third-order valence-corrected chi connectivity index (χ3v) is 5.78. The fourth-order valence-electron chi connectivity index (χ4n) is 4.12. The number of hydrogen-bond acceptors (Lipinski definition) is 4. The van der Waals surface area contributed by atoms with Gasteiger partial charge in [-0.05, 0) is 61.4 Å². The molecule has 1 aromatic heterocycles. The van der Waals surface area contributed by atoms with Crippen molar-refractivity contribution in [2.45, 2.75) is 45.3 Å². The number of allylic oxidation sites excluding steroid dienone is 7. The Morgan fingerprint density at radius 3 is 2.79 bits per heavy atom. The molecular formula is C27H29F3N4. The molecule has 1 saturated heterocycles. The molecule has 7 heteroatoms. The van der Waals surface area contributed by atoms with Gasteiger partial charge in [0.1, 0.15) is 5.82 Å². The van der Waals surface area contributed by atoms with Crippen LogP contribution in [0.3, 0.4) is 0 Å². The molecule has 34 heavy (non-hydrogen) atoms. The monoisotopic (exact) mass is 466 g/mol. The lowest BCUT2D eigenvalue weighted by molar-refractivity contribution is -0.0884. The van der Waals surface area contributed by atoms with Crippen LogP contribution in [0.2, 0.25) is 0 Å². The van der Waals surface area contributed by atoms with Crippen LogP contribution < -0.4 is 5.32 Å². The minimum atomic E-state index is -4.38. The predicted molar refractivity (Wildman–Crippen MR) is 131 cm³/mol. The molecule has 2 heterocycles. The zero-order valence-corrected chi connectivity index (χ0v) is 19.7. The first-order valence-electron chi connectivity index (χ1n) is 11.3. The topological polar surface area (TPSA) is 52.0 Å². The van der Waals surface area contributed by atoms with Gasteiger partial charge < -0.3 is 10.2 Å². The fourth-order valence-corrected chi connectivity index (χ4v) is 4.12. The first-order chi connectivity index (χ1) is 16.3. The predicted octanol–water partition coefficient (Wildman–Crippen LogP) is 6.90. The molecule has 178 valence electrons. The van der Waals surface area contributed by atoms with Gasteiger partial charge in [-0.25, -0.2) is 4.98 Å². The summed E-state index contributed by atoms with van der Waals surface area (Å²) >= 11 is 0. The Hall–Kier alpha value is -3.53. The van der Waals surface area contributed by atoms with Crippen molar-refractivity contribution in [1.29, 1.82) is 5.26 Å². The number of halogens is 3. The molecule has 0 aliphatic carbocycles. The molecule has 0 saturated carbocycles. The summed E-state index contributed by atoms with van der Waals surface area (Å²) in [6, 6.07) is 9.52. The lowest BCUT2D eigenvalue weighted by Crippen LogP contribution is -2.22. The summed E-state index contributed by atoms with van der Waals surface area (Å²) in [7, 11) is 1.98. The largest absolute Gasteiger partial charge is 0.416 e. The van der Waals surface area contributed by atoms with Gasteiger partial charge in [-0.2, -0.15) is 18.4 Å². The van der Waals surface area contributed by atoms with Crippen molar-refractivity contribution >= 4 is 16.6 Å². The number of likely N-dealkylation sites (tertiary alicyclic amines) is 1. The van der Waals surface area contributed by atoms with Gasteiger partial charge in [0, 0.05) is 30.9 Å². The van der Waals surface area contributed by atoms with Gasteiger partial charge in [-0.3, -0.25) is 0 Å². The van der Waals surface area contributed by atoms with Crippen LogP contribution in [-0.2, 0) is 0 Å². The second kappa shape index (κ2) is 11.1. The number of nitrogens with zero attached hydrogens (tertiary/aromatic N) is 3. The van der Waals surface area contributed by atoms with Crippen LogP contribution in [0.25, 0.3) is 10.8 Å². The smallest absolute Gasteiger partial charge is 0.376 e. The highest BCUT2D eigenvalue weighted by Crippen LogP contribution is 2.31. The summed E-state index contributed by atoms with van der Waals surface area (Å²) < 4.78 is 40.2. The third-order valence-electron chi connectivity index (χ3n) is 5.78. The van der Waals surface area contributed by atoms with Crippen LogP contribution in [0.1, 0.15) is 38.7 Å². The summed E-state index contributed by atoms with van der Waals surface area (Å²) in [6.45, 7) is 4.32. The number of hydrogen-bond donors (Lipinski definition) is 1. The van der Waals surface area contributed by atoms with Gasteiger partial charge in [-0.15, -0.1) is 0 Å². The van der Waals surface area contributed by atoms with E-state index >= 15 is 0 Å². The first kappa shape index (κ1) is 25.1. The molecule has 3 rings (SSSR count). The highest BCUT2D eigenvalue weighted by molar-refractivity contribution is 5.92. The van der Waals surface area contributed by atoms with Gasteiger partial charge in [0.2, 0.25) is 0 Å². The maximum atomic E-state index is 13.4. The van der Waals surface area contributed by atoms with Gasteiger partial charge >= 0.3 is 6.18 Å². The Morgan fingerprint density at radius 2 is 2.12 bits per heavy atom. The van der Waals surface area contributed by atoms with Crippen molar-refractivity contribution in [2.75, 3.05) is 18.9 Å². The molecule has 1 aromatic carbocycles. The zero-order valence-electron chi connectivity index (χ0n) is 19.7. The molecule has 1 N–H and O–H groups in total. The summed E-state index contributed by atoms with van der Waals surface area (Å²) in [4.78, 5) is 6.61. The number of fused-ring (bicyclic) bond motifs is 1. The maximum Gasteiger partial charge on any atom is 0.416 e. The van der Waals surface area contributed by atoms with E-state index < -0.39 is 11.7 Å². The van der Waals surface area contributed by atoms with Crippen molar-refractivity contribution in [1.82, 2.24) is 9.88 Å². The molecule has 0 bridgehead atoms. The zero-order chi connectivity index (χ0) is 24.7. The number of likely N-dealkylation sites (N-methyl/N-ethyl adjacent to an activating group) is 1. The molecule has 0 amide bonds. The van der Waals surface area contributed by atoms with Crippen LogP contribution in [-0.4, -0.2) is 35.7 Å². The molecule has 2 aromatic rings. The fraction of sp³-hybridized carbons (Fsp3) is 0.333. The highest BCUT2D eigenvalue weighted by atomic mass is 19.4. The first-order valence-corrected chi connectivity index (χ1v) is 11.3. The van der Waals surface area contributed by atoms with Gasteiger partial charge in [-0.1, -0.05) is 37.3 Å². The molecule has 4 nitrogen and oxygen atoms in total. The number of rotatable bonds is 7. The van der Waals surface area contributed by atoms with E-state index in [0.29, 0.717) is 29.8 Å². The number of anilines is 1. The van der Waals surface area contributed by atoms with Crippen molar-refractivity contribution in [3.8, 4) is 6.07 Å². The van der Waals surface area contributed by atoms with Crippen molar-refractivity contribution in [3.05, 3.63) is 83.2 Å². The summed E-state index contributed by atoms with van der Waals surface area (Å²) in [5.74, 6) is 0.690.